The molecule has 1 aromatic rings. The van der Waals surface area contributed by atoms with Crippen LogP contribution in [0, 0.1) is 23.7 Å². The van der Waals surface area contributed by atoms with E-state index in [1.807, 2.05) is 18.2 Å². The lowest BCUT2D eigenvalue weighted by molar-refractivity contribution is -0.144. The molecule has 0 aromatic heterocycles. The van der Waals surface area contributed by atoms with E-state index in [1.165, 1.54) is 4.90 Å². The van der Waals surface area contributed by atoms with E-state index in [-0.39, 0.29) is 47.9 Å². The van der Waals surface area contributed by atoms with Gasteiger partial charge < -0.3 is 15.1 Å². The second-order valence-corrected chi connectivity index (χ2v) is 8.96. The number of imide groups is 1. The molecule has 2 aliphatic carbocycles. The Balaban J connectivity index is 1.21. The number of benzene rings is 1. The molecule has 1 saturated carbocycles. The molecule has 7 heteroatoms. The third-order valence-corrected chi connectivity index (χ3v) is 7.17. The van der Waals surface area contributed by atoms with Crippen molar-refractivity contribution in [2.24, 2.45) is 23.7 Å². The lowest BCUT2D eigenvalue weighted by atomic mass is 9.85. The number of rotatable bonds is 5. The Kier molecular flexibility index (Phi) is 4.85. The molecule has 2 heterocycles. The molecule has 1 N–H and O–H groups in total. The highest BCUT2D eigenvalue weighted by Crippen LogP contribution is 2.52. The Morgan fingerprint density at radius 3 is 2.30 bits per heavy atom. The van der Waals surface area contributed by atoms with Crippen molar-refractivity contribution in [2.75, 3.05) is 44.7 Å². The molecule has 4 atom stereocenters. The fourth-order valence-electron chi connectivity index (χ4n) is 5.53. The van der Waals surface area contributed by atoms with Gasteiger partial charge in [-0.15, -0.1) is 0 Å². The minimum absolute atomic E-state index is 0.167. The van der Waals surface area contributed by atoms with E-state index in [0.29, 0.717) is 6.54 Å². The average Bonchev–Trinajstić information content (AvgIpc) is 3.43. The van der Waals surface area contributed by atoms with Crippen LogP contribution in [0.15, 0.2) is 36.4 Å². The summed E-state index contributed by atoms with van der Waals surface area (Å²) >= 11 is 0. The maximum atomic E-state index is 12.8. The van der Waals surface area contributed by atoms with E-state index < -0.39 is 0 Å². The number of fused-ring (bicyclic) bond motifs is 5. The minimum Gasteiger partial charge on any atom is -0.369 e. The first-order valence-electron chi connectivity index (χ1n) is 10.8. The number of anilines is 1. The number of nitrogens with one attached hydrogen (secondary N) is 1. The summed E-state index contributed by atoms with van der Waals surface area (Å²) in [6.07, 6.45) is 5.03. The van der Waals surface area contributed by atoms with E-state index in [1.54, 1.807) is 0 Å². The second kappa shape index (κ2) is 7.54. The third-order valence-electron chi connectivity index (χ3n) is 7.17. The van der Waals surface area contributed by atoms with Crippen LogP contribution >= 0.6 is 0 Å². The Morgan fingerprint density at radius 1 is 1.00 bits per heavy atom. The van der Waals surface area contributed by atoms with Crippen LogP contribution in [0.4, 0.5) is 5.69 Å². The first-order chi connectivity index (χ1) is 14.5. The molecule has 2 aliphatic heterocycles. The lowest BCUT2D eigenvalue weighted by Gasteiger charge is -2.35. The van der Waals surface area contributed by atoms with Gasteiger partial charge >= 0.3 is 0 Å². The van der Waals surface area contributed by atoms with Gasteiger partial charge in [-0.1, -0.05) is 30.4 Å². The predicted octanol–water partition coefficient (Wildman–Crippen LogP) is 0.862. The number of likely N-dealkylation sites (N-methyl/N-ethyl adjacent to an activating group) is 1. The molecule has 4 aliphatic rings. The minimum atomic E-state index is -0.287. The predicted molar refractivity (Wildman–Crippen MR) is 112 cm³/mol. The standard InChI is InChI=1S/C23H28N4O3/c1-25-8-10-26(11-9-25)18-5-3-2-4-17(18)13-24-19(28)14-27-22(29)20-15-6-7-16(12-15)21(20)23(27)30/h2-7,15-16,20-21H,8-14H2,1H3,(H,24,28). The van der Waals surface area contributed by atoms with Crippen molar-refractivity contribution in [2.45, 2.75) is 13.0 Å². The molecule has 2 bridgehead atoms. The number of carbonyl (C=O) groups excluding carboxylic acids is 3. The van der Waals surface area contributed by atoms with Gasteiger partial charge in [-0.25, -0.2) is 0 Å². The summed E-state index contributed by atoms with van der Waals surface area (Å²) in [5.74, 6) is -0.800. The van der Waals surface area contributed by atoms with E-state index in [9.17, 15) is 14.4 Å². The number of hydrogen-bond acceptors (Lipinski definition) is 5. The first kappa shape index (κ1) is 19.3. The van der Waals surface area contributed by atoms with Crippen LogP contribution in [0.2, 0.25) is 0 Å². The zero-order chi connectivity index (χ0) is 20.8. The van der Waals surface area contributed by atoms with E-state index in [2.05, 4.69) is 40.4 Å². The summed E-state index contributed by atoms with van der Waals surface area (Å²) in [5.41, 5.74) is 2.19. The third kappa shape index (κ3) is 3.21. The molecule has 3 amide bonds. The Bertz CT molecular complexity index is 875. The molecule has 0 spiro atoms. The normalized spacial score (nSPS) is 30.3. The summed E-state index contributed by atoms with van der Waals surface area (Å²) in [6, 6.07) is 8.10. The SMILES string of the molecule is CN1CCN(c2ccccc2CNC(=O)CN2C(=O)C3C4C=CC(C4)C3C2=O)CC1. The highest BCUT2D eigenvalue weighted by atomic mass is 16.2. The van der Waals surface area contributed by atoms with Gasteiger partial charge in [0.1, 0.15) is 6.54 Å². The number of likely N-dealkylation sites (tertiary alicyclic amines) is 1. The van der Waals surface area contributed by atoms with Gasteiger partial charge in [0.25, 0.3) is 0 Å². The topological polar surface area (TPSA) is 73.0 Å². The van der Waals surface area contributed by atoms with E-state index >= 15 is 0 Å². The van der Waals surface area contributed by atoms with Gasteiger partial charge in [0.05, 0.1) is 11.8 Å². The number of allylic oxidation sites excluding steroid dienone is 2. The van der Waals surface area contributed by atoms with E-state index in [4.69, 9.17) is 0 Å². The first-order valence-corrected chi connectivity index (χ1v) is 10.8. The largest absolute Gasteiger partial charge is 0.369 e. The van der Waals surface area contributed by atoms with Crippen molar-refractivity contribution in [1.29, 1.82) is 0 Å². The van der Waals surface area contributed by atoms with Crippen molar-refractivity contribution in [3.63, 3.8) is 0 Å². The fourth-order valence-corrected chi connectivity index (χ4v) is 5.53. The summed E-state index contributed by atoms with van der Waals surface area (Å²) in [5, 5.41) is 2.92. The number of carbonyl (C=O) groups is 3. The van der Waals surface area contributed by atoms with Crippen LogP contribution in [-0.2, 0) is 20.9 Å². The van der Waals surface area contributed by atoms with Crippen molar-refractivity contribution >= 4 is 23.4 Å². The molecule has 5 rings (SSSR count). The Hall–Kier alpha value is -2.67. The number of nitrogens with zero attached hydrogens (tertiary/aromatic N) is 3. The monoisotopic (exact) mass is 408 g/mol. The van der Waals surface area contributed by atoms with Gasteiger partial charge in [0.2, 0.25) is 17.7 Å². The summed E-state index contributed by atoms with van der Waals surface area (Å²) < 4.78 is 0. The molecule has 158 valence electrons. The van der Waals surface area contributed by atoms with Crippen LogP contribution in [0.3, 0.4) is 0 Å². The second-order valence-electron chi connectivity index (χ2n) is 8.96. The summed E-state index contributed by atoms with van der Waals surface area (Å²) in [4.78, 5) is 44.0. The van der Waals surface area contributed by atoms with Crippen molar-refractivity contribution < 1.29 is 14.4 Å². The zero-order valence-corrected chi connectivity index (χ0v) is 17.3. The van der Waals surface area contributed by atoms with Crippen LogP contribution in [0.1, 0.15) is 12.0 Å². The fraction of sp³-hybridized carbons (Fsp3) is 0.522. The van der Waals surface area contributed by atoms with Crippen LogP contribution in [-0.4, -0.2) is 67.3 Å². The Morgan fingerprint density at radius 2 is 1.63 bits per heavy atom. The maximum Gasteiger partial charge on any atom is 0.240 e. The van der Waals surface area contributed by atoms with Crippen LogP contribution < -0.4 is 10.2 Å². The zero-order valence-electron chi connectivity index (χ0n) is 17.3. The molecular formula is C23H28N4O3. The quantitative estimate of drug-likeness (QED) is 0.578. The summed E-state index contributed by atoms with van der Waals surface area (Å²) in [6.45, 7) is 4.14. The average molecular weight is 409 g/mol. The molecule has 3 fully saturated rings. The van der Waals surface area contributed by atoms with Crippen LogP contribution in [0.5, 0.6) is 0 Å². The highest BCUT2D eigenvalue weighted by molar-refractivity contribution is 6.08. The molecule has 4 unspecified atom stereocenters. The number of para-hydroxylation sites is 1. The molecule has 2 saturated heterocycles. The van der Waals surface area contributed by atoms with Crippen LogP contribution in [0.25, 0.3) is 0 Å². The summed E-state index contributed by atoms with van der Waals surface area (Å²) in [7, 11) is 2.13. The van der Waals surface area contributed by atoms with Gasteiger partial charge in [0.15, 0.2) is 0 Å². The molecule has 0 radical (unpaired) electrons. The van der Waals surface area contributed by atoms with Gasteiger partial charge in [0, 0.05) is 38.4 Å². The van der Waals surface area contributed by atoms with Gasteiger partial charge in [-0.05, 0) is 36.9 Å². The number of hydrogen-bond donors (Lipinski definition) is 1. The number of amides is 3. The van der Waals surface area contributed by atoms with Crippen molar-refractivity contribution in [1.82, 2.24) is 15.1 Å². The van der Waals surface area contributed by atoms with Crippen molar-refractivity contribution in [3.8, 4) is 0 Å². The molecular weight excluding hydrogens is 380 g/mol. The molecule has 1 aromatic carbocycles. The smallest absolute Gasteiger partial charge is 0.240 e. The van der Waals surface area contributed by atoms with E-state index in [0.717, 1.165) is 43.9 Å². The van der Waals surface area contributed by atoms with Gasteiger partial charge in [-0.2, -0.15) is 0 Å². The Labute approximate surface area is 176 Å². The van der Waals surface area contributed by atoms with Gasteiger partial charge in [-0.3, -0.25) is 19.3 Å². The van der Waals surface area contributed by atoms with Crippen molar-refractivity contribution in [3.05, 3.63) is 42.0 Å². The maximum absolute atomic E-state index is 12.8. The lowest BCUT2D eigenvalue weighted by Crippen LogP contribution is -2.45. The molecule has 7 nitrogen and oxygen atoms in total. The molecule has 30 heavy (non-hydrogen) atoms. The highest BCUT2D eigenvalue weighted by Gasteiger charge is 2.59. The number of piperazine rings is 1.